The van der Waals surface area contributed by atoms with Crippen molar-refractivity contribution in [1.29, 1.82) is 5.26 Å². The summed E-state index contributed by atoms with van der Waals surface area (Å²) in [4.78, 5) is 4.43. The zero-order valence-electron chi connectivity index (χ0n) is 22.0. The molecule has 1 saturated carbocycles. The van der Waals surface area contributed by atoms with Crippen LogP contribution in [-0.4, -0.2) is 41.6 Å². The molecule has 8 nitrogen and oxygen atoms in total. The second kappa shape index (κ2) is 10.2. The molecular formula is C28H30BClFN7O. The summed E-state index contributed by atoms with van der Waals surface area (Å²) in [7, 11) is 7.05. The Hall–Kier alpha value is -3.52. The molecule has 0 amide bonds. The Balaban J connectivity index is 1.61. The van der Waals surface area contributed by atoms with Gasteiger partial charge in [-0.1, -0.05) is 44.5 Å². The lowest BCUT2D eigenvalue weighted by molar-refractivity contribution is 0.202. The average Bonchev–Trinajstić information content (AvgIpc) is 3.62. The van der Waals surface area contributed by atoms with Crippen LogP contribution in [0.1, 0.15) is 44.7 Å². The van der Waals surface area contributed by atoms with Crippen LogP contribution in [0.3, 0.4) is 0 Å². The zero-order valence-corrected chi connectivity index (χ0v) is 22.8. The first kappa shape index (κ1) is 27.1. The number of halogens is 2. The normalized spacial score (nSPS) is 17.7. The molecule has 0 bridgehead atoms. The van der Waals surface area contributed by atoms with Gasteiger partial charge in [-0.15, -0.1) is 5.53 Å². The number of fused-ring (bicyclic) bond motifs is 1. The van der Waals surface area contributed by atoms with Crippen molar-refractivity contribution >= 4 is 41.7 Å². The third-order valence-corrected chi connectivity index (χ3v) is 7.47. The van der Waals surface area contributed by atoms with Crippen LogP contribution in [-0.2, 0) is 5.44 Å². The second-order valence-electron chi connectivity index (χ2n) is 11.1. The van der Waals surface area contributed by atoms with Gasteiger partial charge in [0.1, 0.15) is 19.7 Å². The summed E-state index contributed by atoms with van der Waals surface area (Å²) in [5.41, 5.74) is 7.85. The van der Waals surface area contributed by atoms with Crippen LogP contribution in [0.15, 0.2) is 54.5 Å². The number of rotatable bonds is 8. The van der Waals surface area contributed by atoms with E-state index < -0.39 is 5.44 Å². The maximum absolute atomic E-state index is 13.8. The molecule has 2 aromatic carbocycles. The van der Waals surface area contributed by atoms with E-state index in [4.69, 9.17) is 19.4 Å². The fourth-order valence-corrected chi connectivity index (χ4v) is 4.86. The zero-order chi connectivity index (χ0) is 27.9. The van der Waals surface area contributed by atoms with Gasteiger partial charge in [0.05, 0.1) is 45.6 Å². The molecule has 2 aliphatic rings. The molecule has 3 aromatic rings. The van der Waals surface area contributed by atoms with Crippen LogP contribution in [0.5, 0.6) is 0 Å². The van der Waals surface area contributed by atoms with Crippen LogP contribution in [0.2, 0.25) is 5.02 Å². The van der Waals surface area contributed by atoms with Crippen LogP contribution >= 0.6 is 11.6 Å². The Kier molecular flexibility index (Phi) is 7.10. The van der Waals surface area contributed by atoms with Crippen molar-refractivity contribution in [3.63, 3.8) is 0 Å². The topological polar surface area (TPSA) is 108 Å². The standard InChI is InChI=1S/C28H30BClFN7O/c1-27(2,3)24(15-39)34-25-16(12-32)13-33-26-21(25)10-19(11-22(26)30)35-28(29,17-4-6-18(31)7-5-17)23-14-38(37-36-23)20-8-9-20/h4-7,10-11,13-14,20,24,35-37,39H,8-9,15H2,1-3H3,(H,33,34)/t24-,28?/m1/s1. The number of nitrogens with one attached hydrogen (secondary N) is 4. The van der Waals surface area contributed by atoms with E-state index in [1.807, 2.05) is 38.0 Å². The van der Waals surface area contributed by atoms with Gasteiger partial charge >= 0.3 is 0 Å². The first-order chi connectivity index (χ1) is 18.5. The smallest absolute Gasteiger partial charge is 0.123 e. The van der Waals surface area contributed by atoms with Gasteiger partial charge in [0.15, 0.2) is 0 Å². The molecule has 39 heavy (non-hydrogen) atoms. The lowest BCUT2D eigenvalue weighted by Gasteiger charge is -2.34. The molecule has 1 aromatic heterocycles. The minimum atomic E-state index is -1.30. The second-order valence-corrected chi connectivity index (χ2v) is 11.5. The van der Waals surface area contributed by atoms with Crippen LogP contribution in [0, 0.1) is 22.6 Å². The number of hydrogen-bond acceptors (Lipinski definition) is 8. The molecule has 2 atom stereocenters. The van der Waals surface area contributed by atoms with Crippen LogP contribution in [0.4, 0.5) is 15.8 Å². The van der Waals surface area contributed by atoms with Crippen molar-refractivity contribution in [2.45, 2.75) is 51.1 Å². The maximum Gasteiger partial charge on any atom is 0.123 e. The molecule has 2 radical (unpaired) electrons. The fraction of sp³-hybridized carbons (Fsp3) is 0.357. The average molecular weight is 546 g/mol. The number of aliphatic hydroxyl groups excluding tert-OH is 1. The van der Waals surface area contributed by atoms with Crippen molar-refractivity contribution in [2.75, 3.05) is 17.2 Å². The van der Waals surface area contributed by atoms with Gasteiger partial charge in [-0.25, -0.2) is 4.39 Å². The number of aliphatic hydroxyl groups is 1. The number of hydrazine groups is 2. The molecule has 1 aliphatic carbocycles. The molecule has 1 fully saturated rings. The van der Waals surface area contributed by atoms with E-state index in [9.17, 15) is 14.8 Å². The lowest BCUT2D eigenvalue weighted by atomic mass is 9.69. The van der Waals surface area contributed by atoms with Gasteiger partial charge < -0.3 is 21.2 Å². The fourth-order valence-electron chi connectivity index (χ4n) is 4.60. The molecule has 200 valence electrons. The summed E-state index contributed by atoms with van der Waals surface area (Å²) in [6.07, 6.45) is 5.54. The Morgan fingerprint density at radius 1 is 1.28 bits per heavy atom. The van der Waals surface area contributed by atoms with Gasteiger partial charge in [-0.05, 0) is 48.1 Å². The predicted octanol–water partition coefficient (Wildman–Crippen LogP) is 4.48. The largest absolute Gasteiger partial charge is 0.394 e. The number of anilines is 2. The summed E-state index contributed by atoms with van der Waals surface area (Å²) in [5.74, 6) is -0.371. The SMILES string of the molecule is [B]C(Nc1cc(Cl)c2ncc(C#N)c(N[C@H](CO)C(C)(C)C)c2c1)(C1=CN(C2CC2)NN1)c1ccc(F)cc1. The number of hydrogen-bond donors (Lipinski definition) is 5. The van der Waals surface area contributed by atoms with E-state index in [1.165, 1.54) is 18.3 Å². The molecule has 5 N–H and O–H groups in total. The Morgan fingerprint density at radius 3 is 2.62 bits per heavy atom. The molecule has 2 heterocycles. The van der Waals surface area contributed by atoms with Gasteiger partial charge in [-0.2, -0.15) is 5.26 Å². The third kappa shape index (κ3) is 5.35. The lowest BCUT2D eigenvalue weighted by Crippen LogP contribution is -2.45. The van der Waals surface area contributed by atoms with Crippen molar-refractivity contribution < 1.29 is 9.50 Å². The summed E-state index contributed by atoms with van der Waals surface area (Å²) in [6, 6.07) is 11.7. The number of aromatic nitrogens is 1. The van der Waals surface area contributed by atoms with Crippen molar-refractivity contribution in [2.24, 2.45) is 5.41 Å². The van der Waals surface area contributed by atoms with Gasteiger partial charge in [0, 0.05) is 29.5 Å². The van der Waals surface area contributed by atoms with Crippen LogP contribution in [0.25, 0.3) is 10.9 Å². The van der Waals surface area contributed by atoms with Crippen molar-refractivity contribution in [3.8, 4) is 6.07 Å². The molecular weight excluding hydrogens is 516 g/mol. The van der Waals surface area contributed by atoms with E-state index >= 15 is 0 Å². The predicted molar refractivity (Wildman–Crippen MR) is 152 cm³/mol. The molecule has 5 rings (SSSR count). The number of benzene rings is 2. The highest BCUT2D eigenvalue weighted by atomic mass is 35.5. The maximum atomic E-state index is 13.8. The summed E-state index contributed by atoms with van der Waals surface area (Å²) >= 11 is 6.71. The highest BCUT2D eigenvalue weighted by molar-refractivity contribution is 6.36. The van der Waals surface area contributed by atoms with Gasteiger partial charge in [0.2, 0.25) is 0 Å². The van der Waals surface area contributed by atoms with Gasteiger partial charge in [-0.3, -0.25) is 9.99 Å². The van der Waals surface area contributed by atoms with Gasteiger partial charge in [0.25, 0.3) is 0 Å². The summed E-state index contributed by atoms with van der Waals surface area (Å²) in [5, 5.41) is 29.6. The highest BCUT2D eigenvalue weighted by Crippen LogP contribution is 2.39. The summed E-state index contributed by atoms with van der Waals surface area (Å²) < 4.78 is 13.8. The highest BCUT2D eigenvalue weighted by Gasteiger charge is 2.38. The van der Waals surface area contributed by atoms with E-state index in [2.05, 4.69) is 32.6 Å². The van der Waals surface area contributed by atoms with E-state index in [1.54, 1.807) is 18.2 Å². The number of nitriles is 1. The monoisotopic (exact) mass is 545 g/mol. The first-order valence-electron chi connectivity index (χ1n) is 12.8. The Bertz CT molecular complexity index is 1470. The Labute approximate surface area is 233 Å². The third-order valence-electron chi connectivity index (χ3n) is 7.19. The van der Waals surface area contributed by atoms with E-state index in [-0.39, 0.29) is 23.9 Å². The van der Waals surface area contributed by atoms with E-state index in [0.717, 1.165) is 12.8 Å². The molecule has 0 spiro atoms. The van der Waals surface area contributed by atoms with E-state index in [0.29, 0.717) is 50.2 Å². The Morgan fingerprint density at radius 2 is 2.00 bits per heavy atom. The van der Waals surface area contributed by atoms with Crippen molar-refractivity contribution in [3.05, 3.63) is 76.5 Å². The first-order valence-corrected chi connectivity index (χ1v) is 13.2. The molecule has 1 aliphatic heterocycles. The van der Waals surface area contributed by atoms with Crippen molar-refractivity contribution in [1.82, 2.24) is 21.0 Å². The quantitative estimate of drug-likeness (QED) is 0.264. The summed E-state index contributed by atoms with van der Waals surface area (Å²) in [6.45, 7) is 5.87. The van der Waals surface area contributed by atoms with Crippen LogP contribution < -0.4 is 21.6 Å². The minimum absolute atomic E-state index is 0.134. The minimum Gasteiger partial charge on any atom is -0.394 e. The molecule has 11 heteroatoms. The number of pyridine rings is 1. The molecule has 0 saturated heterocycles. The number of nitrogens with zero attached hydrogens (tertiary/aromatic N) is 3. The molecule has 1 unspecified atom stereocenters.